The predicted molar refractivity (Wildman–Crippen MR) is 101 cm³/mol. The Labute approximate surface area is 158 Å². The highest BCUT2D eigenvalue weighted by Crippen LogP contribution is 2.40. The highest BCUT2D eigenvalue weighted by molar-refractivity contribution is 5.96. The third-order valence-corrected chi connectivity index (χ3v) is 5.32. The van der Waals surface area contributed by atoms with E-state index in [1.54, 1.807) is 24.3 Å². The van der Waals surface area contributed by atoms with Crippen molar-refractivity contribution in [2.24, 2.45) is 0 Å². The molecule has 1 saturated carbocycles. The minimum absolute atomic E-state index is 0.111. The lowest BCUT2D eigenvalue weighted by Gasteiger charge is -2.32. The highest BCUT2D eigenvalue weighted by atomic mass is 16.5. The van der Waals surface area contributed by atoms with Crippen LogP contribution in [-0.4, -0.2) is 48.3 Å². The number of ether oxygens (including phenoxy) is 1. The molecule has 1 saturated heterocycles. The predicted octanol–water partition coefficient (Wildman–Crippen LogP) is 2.47. The average Bonchev–Trinajstić information content (AvgIpc) is 3.45. The van der Waals surface area contributed by atoms with E-state index in [-0.39, 0.29) is 11.9 Å². The molecule has 2 fully saturated rings. The molecular weight excluding hydrogens is 344 g/mol. The molecule has 7 nitrogen and oxygen atoms in total. The molecule has 0 spiro atoms. The van der Waals surface area contributed by atoms with Crippen LogP contribution in [-0.2, 0) is 4.74 Å². The second-order valence-electron chi connectivity index (χ2n) is 7.26. The molecule has 0 bridgehead atoms. The lowest BCUT2D eigenvalue weighted by atomic mass is 10.0. The molecule has 2 N–H and O–H groups in total. The summed E-state index contributed by atoms with van der Waals surface area (Å²) in [5.74, 6) is 1.17. The van der Waals surface area contributed by atoms with E-state index in [1.165, 1.54) is 25.6 Å². The van der Waals surface area contributed by atoms with Crippen molar-refractivity contribution in [3.63, 3.8) is 0 Å². The van der Waals surface area contributed by atoms with Crippen LogP contribution in [0.4, 0.5) is 5.82 Å². The first-order valence-electron chi connectivity index (χ1n) is 9.43. The van der Waals surface area contributed by atoms with Crippen LogP contribution >= 0.6 is 0 Å². The molecule has 1 aromatic heterocycles. The molecular formula is C20H24N4O3. The van der Waals surface area contributed by atoms with Crippen molar-refractivity contribution in [3.8, 4) is 0 Å². The number of anilines is 1. The number of amides is 1. The van der Waals surface area contributed by atoms with Gasteiger partial charge in [-0.3, -0.25) is 9.89 Å². The summed E-state index contributed by atoms with van der Waals surface area (Å²) in [7, 11) is 1.34. The SMILES string of the molecule is COC(=O)c1ccc(C(=O)NC2CCN(c3cc(C4CC4)[nH]n3)CC2)cc1. The molecule has 0 atom stereocenters. The van der Waals surface area contributed by atoms with Gasteiger partial charge in [-0.15, -0.1) is 0 Å². The standard InChI is InChI=1S/C20H24N4O3/c1-27-20(26)15-6-4-14(5-7-15)19(25)21-16-8-10-24(11-9-16)18-12-17(22-23-18)13-2-3-13/h4-7,12-13,16H,2-3,8-11H2,1H3,(H,21,25)(H,22,23). The summed E-state index contributed by atoms with van der Waals surface area (Å²) in [5.41, 5.74) is 2.23. The maximum atomic E-state index is 12.4. The molecule has 27 heavy (non-hydrogen) atoms. The third-order valence-electron chi connectivity index (χ3n) is 5.32. The van der Waals surface area contributed by atoms with Gasteiger partial charge in [0.2, 0.25) is 0 Å². The van der Waals surface area contributed by atoms with E-state index in [0.717, 1.165) is 31.7 Å². The molecule has 0 radical (unpaired) electrons. The zero-order valence-electron chi connectivity index (χ0n) is 15.4. The first kappa shape index (κ1) is 17.6. The van der Waals surface area contributed by atoms with Gasteiger partial charge in [-0.1, -0.05) is 0 Å². The van der Waals surface area contributed by atoms with Gasteiger partial charge in [-0.25, -0.2) is 4.79 Å². The quantitative estimate of drug-likeness (QED) is 0.792. The number of nitrogens with one attached hydrogen (secondary N) is 2. The largest absolute Gasteiger partial charge is 0.465 e. The average molecular weight is 368 g/mol. The number of carbonyl (C=O) groups excluding carboxylic acids is 2. The Balaban J connectivity index is 1.29. The summed E-state index contributed by atoms with van der Waals surface area (Å²) in [6.45, 7) is 1.75. The van der Waals surface area contributed by atoms with Gasteiger partial charge in [0.15, 0.2) is 5.82 Å². The van der Waals surface area contributed by atoms with Gasteiger partial charge in [0.05, 0.1) is 12.7 Å². The van der Waals surface area contributed by atoms with Crippen LogP contribution in [0, 0.1) is 0 Å². The van der Waals surface area contributed by atoms with Gasteiger partial charge in [-0.05, 0) is 49.9 Å². The molecule has 4 rings (SSSR count). The number of benzene rings is 1. The summed E-state index contributed by atoms with van der Waals surface area (Å²) in [5, 5.41) is 10.7. The molecule has 1 aliphatic heterocycles. The number of rotatable bonds is 5. The summed E-state index contributed by atoms with van der Waals surface area (Å²) >= 11 is 0. The van der Waals surface area contributed by atoms with E-state index >= 15 is 0 Å². The van der Waals surface area contributed by atoms with Crippen molar-refractivity contribution in [1.82, 2.24) is 15.5 Å². The summed E-state index contributed by atoms with van der Waals surface area (Å²) < 4.78 is 4.67. The number of methoxy groups -OCH3 is 1. The number of piperidine rings is 1. The fourth-order valence-electron chi connectivity index (χ4n) is 3.49. The van der Waals surface area contributed by atoms with Crippen LogP contribution in [0.2, 0.25) is 0 Å². The van der Waals surface area contributed by atoms with E-state index in [0.29, 0.717) is 17.0 Å². The molecule has 7 heteroatoms. The summed E-state index contributed by atoms with van der Waals surface area (Å²) in [4.78, 5) is 26.2. The maximum absolute atomic E-state index is 12.4. The number of aromatic amines is 1. The number of aromatic nitrogens is 2. The smallest absolute Gasteiger partial charge is 0.337 e. The Morgan fingerprint density at radius 1 is 1.11 bits per heavy atom. The van der Waals surface area contributed by atoms with Gasteiger partial charge in [0.25, 0.3) is 5.91 Å². The van der Waals surface area contributed by atoms with Gasteiger partial charge in [-0.2, -0.15) is 5.10 Å². The van der Waals surface area contributed by atoms with Gasteiger partial charge < -0.3 is 15.0 Å². The van der Waals surface area contributed by atoms with Crippen LogP contribution in [0.1, 0.15) is 58.0 Å². The molecule has 1 aliphatic carbocycles. The fourth-order valence-corrected chi connectivity index (χ4v) is 3.49. The minimum Gasteiger partial charge on any atom is -0.465 e. The summed E-state index contributed by atoms with van der Waals surface area (Å²) in [6.07, 6.45) is 4.29. The number of H-pyrrole nitrogens is 1. The van der Waals surface area contributed by atoms with E-state index in [9.17, 15) is 9.59 Å². The van der Waals surface area contributed by atoms with Crippen molar-refractivity contribution in [3.05, 3.63) is 47.2 Å². The number of hydrogen-bond donors (Lipinski definition) is 2. The van der Waals surface area contributed by atoms with Gasteiger partial charge in [0, 0.05) is 42.4 Å². The molecule has 142 valence electrons. The van der Waals surface area contributed by atoms with Crippen LogP contribution in [0.25, 0.3) is 0 Å². The van der Waals surface area contributed by atoms with Crippen LogP contribution in [0.3, 0.4) is 0 Å². The van der Waals surface area contributed by atoms with Crippen LogP contribution < -0.4 is 10.2 Å². The lowest BCUT2D eigenvalue weighted by molar-refractivity contribution is 0.0600. The fraction of sp³-hybridized carbons (Fsp3) is 0.450. The van der Waals surface area contributed by atoms with Crippen LogP contribution in [0.5, 0.6) is 0 Å². The third kappa shape index (κ3) is 3.97. The number of esters is 1. The minimum atomic E-state index is -0.405. The van der Waals surface area contributed by atoms with Crippen LogP contribution in [0.15, 0.2) is 30.3 Å². The summed E-state index contributed by atoms with van der Waals surface area (Å²) in [6, 6.07) is 8.84. The zero-order chi connectivity index (χ0) is 18.8. The topological polar surface area (TPSA) is 87.3 Å². The lowest BCUT2D eigenvalue weighted by Crippen LogP contribution is -2.44. The second-order valence-corrected chi connectivity index (χ2v) is 7.26. The zero-order valence-corrected chi connectivity index (χ0v) is 15.4. The normalized spacial score (nSPS) is 17.6. The van der Waals surface area contributed by atoms with Crippen molar-refractivity contribution in [2.45, 2.75) is 37.6 Å². The van der Waals surface area contributed by atoms with Crippen molar-refractivity contribution in [2.75, 3.05) is 25.1 Å². The first-order valence-corrected chi connectivity index (χ1v) is 9.43. The molecule has 1 amide bonds. The molecule has 2 aliphatic rings. The Morgan fingerprint density at radius 3 is 2.41 bits per heavy atom. The Kier molecular flexibility index (Phi) is 4.83. The highest BCUT2D eigenvalue weighted by Gasteiger charge is 2.27. The molecule has 2 heterocycles. The molecule has 2 aromatic rings. The number of hydrogen-bond acceptors (Lipinski definition) is 5. The Bertz CT molecular complexity index is 818. The van der Waals surface area contributed by atoms with Gasteiger partial charge in [0.1, 0.15) is 0 Å². The van der Waals surface area contributed by atoms with E-state index in [4.69, 9.17) is 0 Å². The van der Waals surface area contributed by atoms with E-state index in [2.05, 4.69) is 31.2 Å². The van der Waals surface area contributed by atoms with Crippen molar-refractivity contribution >= 4 is 17.7 Å². The van der Waals surface area contributed by atoms with Crippen molar-refractivity contribution in [1.29, 1.82) is 0 Å². The first-order chi connectivity index (χ1) is 13.1. The number of carbonyl (C=O) groups is 2. The Morgan fingerprint density at radius 2 is 1.78 bits per heavy atom. The van der Waals surface area contributed by atoms with Crippen molar-refractivity contribution < 1.29 is 14.3 Å². The molecule has 1 aromatic carbocycles. The van der Waals surface area contributed by atoms with E-state index in [1.807, 2.05) is 0 Å². The number of nitrogens with zero attached hydrogens (tertiary/aromatic N) is 2. The monoisotopic (exact) mass is 368 g/mol. The maximum Gasteiger partial charge on any atom is 0.337 e. The second kappa shape index (κ2) is 7.42. The van der Waals surface area contributed by atoms with Gasteiger partial charge >= 0.3 is 5.97 Å². The van der Waals surface area contributed by atoms with E-state index < -0.39 is 5.97 Å². The Hall–Kier alpha value is -2.83. The molecule has 0 unspecified atom stereocenters.